The van der Waals surface area contributed by atoms with Gasteiger partial charge in [0.15, 0.2) is 0 Å². The summed E-state index contributed by atoms with van der Waals surface area (Å²) in [6.45, 7) is 9.13. The van der Waals surface area contributed by atoms with Gasteiger partial charge in [0.05, 0.1) is 4.91 Å². The van der Waals surface area contributed by atoms with Crippen LogP contribution >= 0.6 is 11.8 Å². The van der Waals surface area contributed by atoms with Gasteiger partial charge in [-0.3, -0.25) is 19.3 Å². The molecule has 2 aliphatic heterocycles. The van der Waals surface area contributed by atoms with E-state index in [1.54, 1.807) is 6.08 Å². The highest BCUT2D eigenvalue weighted by atomic mass is 32.2. The fourth-order valence-corrected chi connectivity index (χ4v) is 6.07. The molecule has 1 fully saturated rings. The number of likely N-dealkylation sites (N-methyl/N-ethyl adjacent to an activating group) is 1. The van der Waals surface area contributed by atoms with Gasteiger partial charge in [-0.1, -0.05) is 31.4 Å². The van der Waals surface area contributed by atoms with E-state index in [2.05, 4.69) is 6.92 Å². The molecule has 1 unspecified atom stereocenters. The number of carbonyl (C=O) groups excluding carboxylic acids is 3. The highest BCUT2D eigenvalue weighted by molar-refractivity contribution is 8.18. The highest BCUT2D eigenvalue weighted by Gasteiger charge is 2.38. The number of carbonyl (C=O) groups is 4. The maximum absolute atomic E-state index is 12.6. The molecule has 0 aromatic heterocycles. The maximum atomic E-state index is 12.6. The van der Waals surface area contributed by atoms with Gasteiger partial charge in [-0.15, -0.1) is 0 Å². The van der Waals surface area contributed by atoms with E-state index in [1.165, 1.54) is 7.05 Å². The van der Waals surface area contributed by atoms with E-state index in [0.717, 1.165) is 102 Å². The SMILES string of the molecule is Cc1c(C)c2c(c(C)c1OC(=O)CCCCCCCN)CCC(C)(COc1ccc(/C=C3\SC(=O)N(C)C3=O)cc1)O2.O=C(O)C(F)(F)F. The fourth-order valence-electron chi connectivity index (χ4n) is 5.24. The van der Waals surface area contributed by atoms with Crippen molar-refractivity contribution >= 4 is 40.9 Å². The van der Waals surface area contributed by atoms with E-state index in [4.69, 9.17) is 29.8 Å². The van der Waals surface area contributed by atoms with Crippen LogP contribution in [0.15, 0.2) is 29.2 Å². The Morgan fingerprint density at radius 2 is 1.65 bits per heavy atom. The lowest BCUT2D eigenvalue weighted by Crippen LogP contribution is -2.42. The number of thioether (sulfide) groups is 1. The van der Waals surface area contributed by atoms with E-state index < -0.39 is 17.7 Å². The zero-order valence-electron chi connectivity index (χ0n) is 28.3. The number of hydrogen-bond donors (Lipinski definition) is 2. The lowest BCUT2D eigenvalue weighted by atomic mass is 9.87. The second-order valence-electron chi connectivity index (χ2n) is 12.2. The van der Waals surface area contributed by atoms with Crippen molar-refractivity contribution in [1.82, 2.24) is 4.90 Å². The van der Waals surface area contributed by atoms with Crippen LogP contribution in [-0.4, -0.2) is 65.1 Å². The number of benzene rings is 2. The summed E-state index contributed by atoms with van der Waals surface area (Å²) in [5, 5.41) is 6.85. The summed E-state index contributed by atoms with van der Waals surface area (Å²) in [4.78, 5) is 46.9. The first kappa shape index (κ1) is 39.4. The number of hydrogen-bond acceptors (Lipinski definition) is 9. The van der Waals surface area contributed by atoms with Crippen molar-refractivity contribution in [3.63, 3.8) is 0 Å². The summed E-state index contributed by atoms with van der Waals surface area (Å²) in [7, 11) is 1.48. The van der Waals surface area contributed by atoms with Crippen molar-refractivity contribution in [3.05, 3.63) is 57.0 Å². The number of esters is 1. The molecule has 0 saturated carbocycles. The average molecular weight is 709 g/mol. The van der Waals surface area contributed by atoms with Crippen LogP contribution in [0.4, 0.5) is 18.0 Å². The van der Waals surface area contributed by atoms with Gasteiger partial charge in [0.1, 0.15) is 29.5 Å². The van der Waals surface area contributed by atoms with Gasteiger partial charge in [0.25, 0.3) is 11.1 Å². The minimum absolute atomic E-state index is 0.189. The maximum Gasteiger partial charge on any atom is 0.490 e. The van der Waals surface area contributed by atoms with Crippen molar-refractivity contribution in [3.8, 4) is 17.2 Å². The first-order chi connectivity index (χ1) is 23.0. The fraction of sp³-hybridized carbons (Fsp3) is 0.486. The zero-order chi connectivity index (χ0) is 36.5. The number of ether oxygens (including phenoxy) is 3. The molecule has 2 aromatic carbocycles. The largest absolute Gasteiger partial charge is 0.490 e. The Morgan fingerprint density at radius 3 is 2.22 bits per heavy atom. The average Bonchev–Trinajstić information content (AvgIpc) is 3.29. The number of carboxylic acids is 1. The smallest absolute Gasteiger partial charge is 0.489 e. The highest BCUT2D eigenvalue weighted by Crippen LogP contribution is 2.44. The first-order valence-electron chi connectivity index (χ1n) is 15.9. The zero-order valence-corrected chi connectivity index (χ0v) is 29.1. The number of imide groups is 1. The molecule has 0 spiro atoms. The number of nitrogens with two attached hydrogens (primary N) is 1. The molecular weight excluding hydrogens is 665 g/mol. The van der Waals surface area contributed by atoms with Crippen molar-refractivity contribution < 1.29 is 51.7 Å². The quantitative estimate of drug-likeness (QED) is 0.0999. The molecule has 2 aliphatic rings. The van der Waals surface area contributed by atoms with Gasteiger partial charge < -0.3 is 25.1 Å². The molecule has 1 saturated heterocycles. The van der Waals surface area contributed by atoms with Gasteiger partial charge in [0, 0.05) is 19.0 Å². The summed E-state index contributed by atoms with van der Waals surface area (Å²) < 4.78 is 50.4. The van der Waals surface area contributed by atoms with Crippen LogP contribution in [0.2, 0.25) is 0 Å². The summed E-state index contributed by atoms with van der Waals surface area (Å²) in [5.74, 6) is -1.03. The molecule has 14 heteroatoms. The van der Waals surface area contributed by atoms with Crippen LogP contribution in [-0.2, 0) is 20.8 Å². The lowest BCUT2D eigenvalue weighted by molar-refractivity contribution is -0.192. The van der Waals surface area contributed by atoms with Crippen LogP contribution < -0.4 is 19.9 Å². The summed E-state index contributed by atoms with van der Waals surface area (Å²) in [5.41, 5.74) is 9.78. The Labute approximate surface area is 288 Å². The third-order valence-corrected chi connectivity index (χ3v) is 9.28. The third kappa shape index (κ3) is 10.7. The molecular formula is C35H43F3N2O8S. The normalized spacial score (nSPS) is 18.1. The standard InChI is InChI=1S/C33H42N2O6S.C2HF3O2/c1-21-22(2)30-26(23(3)29(21)40-28(36)11-9-7-6-8-10-18-34)16-17-33(4,41-30)20-39-25-14-12-24(13-15-25)19-27-31(37)35(5)32(38)42-27;3-2(4,5)1(6)7/h12-15,19H,6-11,16-18,20,34H2,1-5H3;(H,6,7)/b27-19-;. The minimum Gasteiger partial charge on any atom is -0.489 e. The lowest BCUT2D eigenvalue weighted by Gasteiger charge is -2.37. The van der Waals surface area contributed by atoms with Crippen LogP contribution in [0.1, 0.15) is 79.7 Å². The number of nitrogens with zero attached hydrogens (tertiary/aromatic N) is 1. The number of amides is 2. The van der Waals surface area contributed by atoms with Crippen molar-refractivity contribution in [1.29, 1.82) is 0 Å². The van der Waals surface area contributed by atoms with E-state index in [9.17, 15) is 27.6 Å². The van der Waals surface area contributed by atoms with Crippen LogP contribution in [0, 0.1) is 20.8 Å². The molecule has 0 bridgehead atoms. The molecule has 49 heavy (non-hydrogen) atoms. The van der Waals surface area contributed by atoms with Crippen LogP contribution in [0.3, 0.4) is 0 Å². The second kappa shape index (κ2) is 17.1. The molecule has 10 nitrogen and oxygen atoms in total. The predicted octanol–water partition coefficient (Wildman–Crippen LogP) is 7.28. The molecule has 3 N–H and O–H groups in total. The number of halogens is 3. The Balaban J connectivity index is 0.000000838. The second-order valence-corrected chi connectivity index (χ2v) is 13.2. The molecule has 1 atom stereocenters. The van der Waals surface area contributed by atoms with Gasteiger partial charge in [0.2, 0.25) is 0 Å². The molecule has 2 aromatic rings. The summed E-state index contributed by atoms with van der Waals surface area (Å²) >= 11 is 0.939. The van der Waals surface area contributed by atoms with Gasteiger partial charge >= 0.3 is 18.1 Å². The van der Waals surface area contributed by atoms with Crippen LogP contribution in [0.5, 0.6) is 17.2 Å². The Bertz CT molecular complexity index is 1580. The number of unbranched alkanes of at least 4 members (excludes halogenated alkanes) is 4. The first-order valence-corrected chi connectivity index (χ1v) is 16.8. The summed E-state index contributed by atoms with van der Waals surface area (Å²) in [6.07, 6.45) is 3.64. The Kier molecular flexibility index (Phi) is 13.7. The third-order valence-electron chi connectivity index (χ3n) is 8.32. The van der Waals surface area contributed by atoms with Gasteiger partial charge in [-0.05, 0) is 112 Å². The van der Waals surface area contributed by atoms with E-state index in [-0.39, 0.29) is 17.1 Å². The van der Waals surface area contributed by atoms with Crippen molar-refractivity contribution in [2.75, 3.05) is 20.2 Å². The number of alkyl halides is 3. The Morgan fingerprint density at radius 1 is 1.04 bits per heavy atom. The number of fused-ring (bicyclic) bond motifs is 1. The van der Waals surface area contributed by atoms with Gasteiger partial charge in [-0.2, -0.15) is 13.2 Å². The molecule has 4 rings (SSSR count). The van der Waals surface area contributed by atoms with Crippen LogP contribution in [0.25, 0.3) is 6.08 Å². The van der Waals surface area contributed by atoms with E-state index in [0.29, 0.717) is 29.4 Å². The topological polar surface area (TPSA) is 145 Å². The van der Waals surface area contributed by atoms with E-state index >= 15 is 0 Å². The Hall–Kier alpha value is -4.04. The monoisotopic (exact) mass is 708 g/mol. The number of rotatable bonds is 12. The van der Waals surface area contributed by atoms with E-state index in [1.807, 2.05) is 45.0 Å². The van der Waals surface area contributed by atoms with Crippen molar-refractivity contribution in [2.45, 2.75) is 90.8 Å². The molecule has 2 heterocycles. The minimum atomic E-state index is -5.08. The molecule has 2 amide bonds. The molecule has 0 aliphatic carbocycles. The van der Waals surface area contributed by atoms with Crippen molar-refractivity contribution in [2.24, 2.45) is 5.73 Å². The number of carboxylic acid groups (broad SMARTS) is 1. The van der Waals surface area contributed by atoms with Gasteiger partial charge in [-0.25, -0.2) is 4.79 Å². The molecule has 0 radical (unpaired) electrons. The predicted molar refractivity (Wildman–Crippen MR) is 180 cm³/mol. The molecule has 268 valence electrons. The summed E-state index contributed by atoms with van der Waals surface area (Å²) in [6, 6.07) is 7.42. The number of aliphatic carboxylic acids is 1.